The molecule has 2 aromatic rings. The summed E-state index contributed by atoms with van der Waals surface area (Å²) in [4.78, 5) is 0. The van der Waals surface area contributed by atoms with Gasteiger partial charge in [0.05, 0.1) is 25.4 Å². The molecule has 1 aliphatic rings. The molecule has 0 fully saturated rings. The topological polar surface area (TPSA) is 47.9 Å². The maximum absolute atomic E-state index is 10.2. The van der Waals surface area contributed by atoms with Crippen LogP contribution in [-0.4, -0.2) is 31.9 Å². The molecule has 0 saturated heterocycles. The lowest BCUT2D eigenvalue weighted by Gasteiger charge is -2.42. The average Bonchev–Trinajstić information content (AvgIpc) is 2.90. The summed E-state index contributed by atoms with van der Waals surface area (Å²) in [5.74, 6) is 0. The summed E-state index contributed by atoms with van der Waals surface area (Å²) >= 11 is 0. The summed E-state index contributed by atoms with van der Waals surface area (Å²) in [6.45, 7) is 14.5. The van der Waals surface area contributed by atoms with Crippen LogP contribution in [0.15, 0.2) is 84.0 Å². The third-order valence-electron chi connectivity index (χ3n) is 7.84. The van der Waals surface area contributed by atoms with Gasteiger partial charge in [-0.15, -0.1) is 0 Å². The minimum absolute atomic E-state index is 0.0335. The highest BCUT2D eigenvalue weighted by Crippen LogP contribution is 2.42. The molecule has 0 amide bonds. The molecule has 5 heteroatoms. The summed E-state index contributed by atoms with van der Waals surface area (Å²) in [5, 5.41) is 10.3. The van der Waals surface area contributed by atoms with Crippen LogP contribution in [0.25, 0.3) is 0 Å². The van der Waals surface area contributed by atoms with Gasteiger partial charge in [-0.3, -0.25) is 0 Å². The maximum atomic E-state index is 10.2. The van der Waals surface area contributed by atoms with Gasteiger partial charge in [0.15, 0.2) is 14.6 Å². The molecular formula is C33H48O4Si. The smallest absolute Gasteiger partial charge is 0.192 e. The van der Waals surface area contributed by atoms with Crippen LogP contribution in [0.2, 0.25) is 18.1 Å². The van der Waals surface area contributed by atoms with E-state index >= 15 is 0 Å². The van der Waals surface area contributed by atoms with E-state index in [4.69, 9.17) is 13.9 Å². The third kappa shape index (κ3) is 9.03. The fourth-order valence-corrected chi connectivity index (χ4v) is 5.77. The van der Waals surface area contributed by atoms with Gasteiger partial charge >= 0.3 is 0 Å². The first-order valence-electron chi connectivity index (χ1n) is 14.2. The molecule has 0 bridgehead atoms. The number of hydrogen-bond donors (Lipinski definition) is 1. The highest BCUT2D eigenvalue weighted by molar-refractivity contribution is 6.74. The number of allylic oxidation sites excluding steroid dienone is 1. The standard InChI is InChI=1S/C33H48O4Si/c1-7-28(34)20-14-21-29-30(22-15-23-31(29)37-38(5,6)33(2,3)4)32(35-24-26-16-10-8-11-17-26)36-25-27-18-12-9-13-19-27/h8-14,16-20,28,31-32,34H,7,15,21-25H2,1-6H3/b20-14+/t28?,31-/m0/s1. The van der Waals surface area contributed by atoms with Gasteiger partial charge in [0, 0.05) is 0 Å². The Balaban J connectivity index is 1.95. The van der Waals surface area contributed by atoms with E-state index in [0.717, 1.165) is 36.8 Å². The molecule has 3 rings (SSSR count). The van der Waals surface area contributed by atoms with Crippen LogP contribution in [0, 0.1) is 0 Å². The lowest BCUT2D eigenvalue weighted by atomic mass is 9.87. The quantitative estimate of drug-likeness (QED) is 0.159. The Morgan fingerprint density at radius 3 is 2.00 bits per heavy atom. The van der Waals surface area contributed by atoms with Crippen LogP contribution in [0.5, 0.6) is 0 Å². The summed E-state index contributed by atoms with van der Waals surface area (Å²) in [7, 11) is -2.00. The van der Waals surface area contributed by atoms with Crippen LogP contribution >= 0.6 is 0 Å². The largest absolute Gasteiger partial charge is 0.410 e. The molecule has 1 aliphatic carbocycles. The molecule has 0 saturated carbocycles. The molecule has 4 nitrogen and oxygen atoms in total. The summed E-state index contributed by atoms with van der Waals surface area (Å²) < 4.78 is 20.1. The van der Waals surface area contributed by atoms with Crippen molar-refractivity contribution in [2.75, 3.05) is 0 Å². The van der Waals surface area contributed by atoms with Crippen LogP contribution < -0.4 is 0 Å². The zero-order chi connectivity index (χ0) is 27.6. The second-order valence-corrected chi connectivity index (χ2v) is 16.6. The second-order valence-electron chi connectivity index (χ2n) is 11.8. The van der Waals surface area contributed by atoms with Crippen LogP contribution in [0.3, 0.4) is 0 Å². The van der Waals surface area contributed by atoms with Crippen molar-refractivity contribution in [1.82, 2.24) is 0 Å². The minimum atomic E-state index is -2.00. The van der Waals surface area contributed by atoms with E-state index in [1.165, 1.54) is 11.1 Å². The van der Waals surface area contributed by atoms with Crippen LogP contribution in [0.4, 0.5) is 0 Å². The first-order chi connectivity index (χ1) is 18.1. The molecule has 208 valence electrons. The van der Waals surface area contributed by atoms with Crippen molar-refractivity contribution in [2.45, 2.75) is 110 Å². The zero-order valence-corrected chi connectivity index (χ0v) is 25.3. The van der Waals surface area contributed by atoms with E-state index in [1.807, 2.05) is 49.4 Å². The van der Waals surface area contributed by atoms with Gasteiger partial charge in [0.1, 0.15) is 0 Å². The number of hydrogen-bond acceptors (Lipinski definition) is 4. The van der Waals surface area contributed by atoms with E-state index in [-0.39, 0.29) is 11.1 Å². The lowest BCUT2D eigenvalue weighted by molar-refractivity contribution is -0.136. The zero-order valence-electron chi connectivity index (χ0n) is 24.3. The molecule has 0 heterocycles. The van der Waals surface area contributed by atoms with E-state index in [0.29, 0.717) is 19.6 Å². The molecule has 0 aromatic heterocycles. The van der Waals surface area contributed by atoms with Crippen LogP contribution in [0.1, 0.15) is 70.9 Å². The number of benzene rings is 2. The predicted octanol–water partition coefficient (Wildman–Crippen LogP) is 8.33. The van der Waals surface area contributed by atoms with Crippen molar-refractivity contribution >= 4 is 8.32 Å². The average molecular weight is 537 g/mol. The number of aliphatic hydroxyl groups excluding tert-OH is 1. The van der Waals surface area contributed by atoms with Gasteiger partial charge in [-0.05, 0) is 72.5 Å². The van der Waals surface area contributed by atoms with Crippen molar-refractivity contribution in [2.24, 2.45) is 0 Å². The van der Waals surface area contributed by atoms with Crippen molar-refractivity contribution < 1.29 is 19.0 Å². The number of ether oxygens (including phenoxy) is 2. The van der Waals surface area contributed by atoms with E-state index in [9.17, 15) is 5.11 Å². The van der Waals surface area contributed by atoms with Gasteiger partial charge in [-0.1, -0.05) is 101 Å². The third-order valence-corrected chi connectivity index (χ3v) is 12.3. The number of aliphatic hydroxyl groups is 1. The molecular weight excluding hydrogens is 488 g/mol. The maximum Gasteiger partial charge on any atom is 0.192 e. The molecule has 1 N–H and O–H groups in total. The molecule has 1 unspecified atom stereocenters. The van der Waals surface area contributed by atoms with Gasteiger partial charge in [0.2, 0.25) is 0 Å². The lowest BCUT2D eigenvalue weighted by Crippen LogP contribution is -2.45. The molecule has 0 radical (unpaired) electrons. The fraction of sp³-hybridized carbons (Fsp3) is 0.515. The summed E-state index contributed by atoms with van der Waals surface area (Å²) in [5.41, 5.74) is 4.70. The molecule has 2 aromatic carbocycles. The molecule has 0 spiro atoms. The predicted molar refractivity (Wildman–Crippen MR) is 159 cm³/mol. The van der Waals surface area contributed by atoms with Crippen molar-refractivity contribution in [3.05, 3.63) is 95.1 Å². The Hall–Kier alpha value is -2.02. The highest BCUT2D eigenvalue weighted by Gasteiger charge is 2.41. The first-order valence-corrected chi connectivity index (χ1v) is 17.1. The minimum Gasteiger partial charge on any atom is -0.410 e. The van der Waals surface area contributed by atoms with E-state index < -0.39 is 20.7 Å². The monoisotopic (exact) mass is 536 g/mol. The Bertz CT molecular complexity index is 980. The SMILES string of the molecule is CCC(O)/C=C/CC1=C(C(OCc2ccccc2)OCc2ccccc2)CCC[C@@H]1O[Si](C)(C)C(C)(C)C. The van der Waals surface area contributed by atoms with Gasteiger partial charge < -0.3 is 19.0 Å². The Kier molecular flexibility index (Phi) is 11.6. The highest BCUT2D eigenvalue weighted by atomic mass is 28.4. The Morgan fingerprint density at radius 1 is 0.947 bits per heavy atom. The molecule has 38 heavy (non-hydrogen) atoms. The number of rotatable bonds is 13. The second kappa shape index (κ2) is 14.4. The normalized spacial score (nSPS) is 17.9. The van der Waals surface area contributed by atoms with Gasteiger partial charge in [-0.25, -0.2) is 0 Å². The van der Waals surface area contributed by atoms with E-state index in [2.05, 4.69) is 64.2 Å². The van der Waals surface area contributed by atoms with Gasteiger partial charge in [0.25, 0.3) is 0 Å². The molecule has 2 atom stereocenters. The Morgan fingerprint density at radius 2 is 1.50 bits per heavy atom. The fourth-order valence-electron chi connectivity index (χ4n) is 4.44. The van der Waals surface area contributed by atoms with Crippen molar-refractivity contribution in [3.8, 4) is 0 Å². The van der Waals surface area contributed by atoms with Crippen molar-refractivity contribution in [3.63, 3.8) is 0 Å². The summed E-state index contributed by atoms with van der Waals surface area (Å²) in [6, 6.07) is 20.5. The van der Waals surface area contributed by atoms with Crippen molar-refractivity contribution in [1.29, 1.82) is 0 Å². The first kappa shape index (κ1) is 30.5. The Labute approximate surface area is 231 Å². The van der Waals surface area contributed by atoms with Crippen LogP contribution in [-0.2, 0) is 27.1 Å². The summed E-state index contributed by atoms with van der Waals surface area (Å²) in [6.07, 6.45) is 7.55. The molecule has 0 aliphatic heterocycles. The van der Waals surface area contributed by atoms with E-state index in [1.54, 1.807) is 0 Å². The van der Waals surface area contributed by atoms with Gasteiger partial charge in [-0.2, -0.15) is 0 Å².